The Morgan fingerprint density at radius 2 is 2.12 bits per heavy atom. The number of hydrogen-bond acceptors (Lipinski definition) is 1. The monoisotopic (exact) mass is 239 g/mol. The zero-order valence-corrected chi connectivity index (χ0v) is 11.1. The summed E-state index contributed by atoms with van der Waals surface area (Å²) in [4.78, 5) is 0. The van der Waals surface area contributed by atoms with Gasteiger partial charge in [0.05, 0.1) is 0 Å². The van der Waals surface area contributed by atoms with E-state index in [1.54, 1.807) is 0 Å². The Kier molecular flexibility index (Phi) is 6.51. The van der Waals surface area contributed by atoms with Gasteiger partial charge in [0.25, 0.3) is 0 Å². The molecule has 1 atom stereocenters. The Balaban J connectivity index is 2.66. The molecule has 1 aromatic rings. The van der Waals surface area contributed by atoms with Crippen LogP contribution in [-0.2, 0) is 0 Å². The fourth-order valence-electron chi connectivity index (χ4n) is 1.92. The molecule has 0 bridgehead atoms. The quantitative estimate of drug-likeness (QED) is 0.751. The van der Waals surface area contributed by atoms with Gasteiger partial charge in [-0.1, -0.05) is 50.4 Å². The summed E-state index contributed by atoms with van der Waals surface area (Å²) in [5.74, 6) is 0.596. The van der Waals surface area contributed by atoms with E-state index >= 15 is 0 Å². The first-order valence-corrected chi connectivity index (χ1v) is 6.61. The van der Waals surface area contributed by atoms with Crippen molar-refractivity contribution in [1.29, 1.82) is 0 Å². The zero-order valence-electron chi connectivity index (χ0n) is 10.3. The van der Waals surface area contributed by atoms with Crippen LogP contribution in [0.25, 0.3) is 0 Å². The molecule has 0 aliphatic carbocycles. The van der Waals surface area contributed by atoms with Crippen molar-refractivity contribution in [2.75, 3.05) is 13.1 Å². The van der Waals surface area contributed by atoms with Crippen LogP contribution < -0.4 is 5.32 Å². The van der Waals surface area contributed by atoms with Crippen LogP contribution in [0.1, 0.15) is 44.6 Å². The largest absolute Gasteiger partial charge is 0.316 e. The first-order chi connectivity index (χ1) is 7.77. The van der Waals surface area contributed by atoms with E-state index in [2.05, 4.69) is 31.3 Å². The van der Waals surface area contributed by atoms with Gasteiger partial charge in [-0.05, 0) is 36.6 Å². The maximum absolute atomic E-state index is 6.04. The molecule has 1 nitrogen and oxygen atoms in total. The van der Waals surface area contributed by atoms with E-state index in [0.29, 0.717) is 5.92 Å². The predicted molar refractivity (Wildman–Crippen MR) is 72.3 cm³/mol. The third-order valence-electron chi connectivity index (χ3n) is 2.87. The summed E-state index contributed by atoms with van der Waals surface area (Å²) < 4.78 is 0. The Morgan fingerprint density at radius 3 is 2.75 bits per heavy atom. The standard InChI is InChI=1S/C14H22ClN/c1-3-5-7-13(11-16-4-2)12-8-6-9-14(15)10-12/h6,8-10,13,16H,3-5,7,11H2,1-2H3. The molecule has 0 radical (unpaired) electrons. The highest BCUT2D eigenvalue weighted by atomic mass is 35.5. The lowest BCUT2D eigenvalue weighted by molar-refractivity contribution is 0.538. The van der Waals surface area contributed by atoms with Crippen molar-refractivity contribution < 1.29 is 0 Å². The first kappa shape index (κ1) is 13.5. The second-order valence-electron chi connectivity index (χ2n) is 4.20. The minimum Gasteiger partial charge on any atom is -0.316 e. The molecule has 1 unspecified atom stereocenters. The molecule has 90 valence electrons. The number of likely N-dealkylation sites (N-methyl/N-ethyl adjacent to an activating group) is 1. The van der Waals surface area contributed by atoms with Crippen molar-refractivity contribution in [3.63, 3.8) is 0 Å². The molecule has 1 aromatic carbocycles. The number of unbranched alkanes of at least 4 members (excludes halogenated alkanes) is 1. The van der Waals surface area contributed by atoms with Gasteiger partial charge in [0.15, 0.2) is 0 Å². The van der Waals surface area contributed by atoms with Crippen molar-refractivity contribution >= 4 is 11.6 Å². The average molecular weight is 240 g/mol. The van der Waals surface area contributed by atoms with Crippen LogP contribution in [-0.4, -0.2) is 13.1 Å². The number of rotatable bonds is 7. The number of nitrogens with one attached hydrogen (secondary N) is 1. The summed E-state index contributed by atoms with van der Waals surface area (Å²) in [6.45, 7) is 6.47. The molecule has 0 aromatic heterocycles. The summed E-state index contributed by atoms with van der Waals surface area (Å²) in [6, 6.07) is 8.26. The SMILES string of the molecule is CCCCC(CNCC)c1cccc(Cl)c1. The van der Waals surface area contributed by atoms with E-state index in [1.165, 1.54) is 24.8 Å². The molecule has 16 heavy (non-hydrogen) atoms. The van der Waals surface area contributed by atoms with Crippen LogP contribution in [0.5, 0.6) is 0 Å². The minimum atomic E-state index is 0.596. The maximum Gasteiger partial charge on any atom is 0.0408 e. The summed E-state index contributed by atoms with van der Waals surface area (Å²) in [5.41, 5.74) is 1.36. The van der Waals surface area contributed by atoms with E-state index in [1.807, 2.05) is 12.1 Å². The van der Waals surface area contributed by atoms with Gasteiger partial charge in [0.1, 0.15) is 0 Å². The van der Waals surface area contributed by atoms with Crippen molar-refractivity contribution in [3.05, 3.63) is 34.9 Å². The summed E-state index contributed by atoms with van der Waals surface area (Å²) in [5, 5.41) is 4.28. The van der Waals surface area contributed by atoms with E-state index < -0.39 is 0 Å². The fourth-order valence-corrected chi connectivity index (χ4v) is 2.11. The molecule has 0 saturated carbocycles. The van der Waals surface area contributed by atoms with Crippen molar-refractivity contribution in [2.24, 2.45) is 0 Å². The smallest absolute Gasteiger partial charge is 0.0408 e. The van der Waals surface area contributed by atoms with Gasteiger partial charge in [0.2, 0.25) is 0 Å². The normalized spacial score (nSPS) is 12.7. The molecule has 0 fully saturated rings. The lowest BCUT2D eigenvalue weighted by atomic mass is 9.93. The third-order valence-corrected chi connectivity index (χ3v) is 3.10. The molecule has 0 amide bonds. The van der Waals surface area contributed by atoms with Crippen molar-refractivity contribution in [2.45, 2.75) is 39.0 Å². The number of halogens is 1. The Bertz CT molecular complexity index is 291. The minimum absolute atomic E-state index is 0.596. The lowest BCUT2D eigenvalue weighted by Gasteiger charge is -2.17. The summed E-state index contributed by atoms with van der Waals surface area (Å²) in [7, 11) is 0. The molecule has 2 heteroatoms. The predicted octanol–water partition coefficient (Wildman–Crippen LogP) is 4.22. The fraction of sp³-hybridized carbons (Fsp3) is 0.571. The van der Waals surface area contributed by atoms with Crippen LogP contribution in [0.2, 0.25) is 5.02 Å². The van der Waals surface area contributed by atoms with Crippen molar-refractivity contribution in [1.82, 2.24) is 5.32 Å². The zero-order chi connectivity index (χ0) is 11.8. The highest BCUT2D eigenvalue weighted by Crippen LogP contribution is 2.23. The van der Waals surface area contributed by atoms with Gasteiger partial charge < -0.3 is 5.32 Å². The lowest BCUT2D eigenvalue weighted by Crippen LogP contribution is -2.21. The van der Waals surface area contributed by atoms with Gasteiger partial charge in [-0.15, -0.1) is 0 Å². The number of benzene rings is 1. The van der Waals surface area contributed by atoms with Gasteiger partial charge in [-0.2, -0.15) is 0 Å². The molecule has 0 aliphatic rings. The second kappa shape index (κ2) is 7.70. The van der Waals surface area contributed by atoms with Crippen molar-refractivity contribution in [3.8, 4) is 0 Å². The van der Waals surface area contributed by atoms with Gasteiger partial charge in [-0.3, -0.25) is 0 Å². The molecule has 1 rings (SSSR count). The molecular weight excluding hydrogens is 218 g/mol. The third kappa shape index (κ3) is 4.54. The Labute approximate surface area is 104 Å². The van der Waals surface area contributed by atoms with E-state index in [-0.39, 0.29) is 0 Å². The van der Waals surface area contributed by atoms with Crippen LogP contribution >= 0.6 is 11.6 Å². The van der Waals surface area contributed by atoms with Crippen LogP contribution in [0.3, 0.4) is 0 Å². The van der Waals surface area contributed by atoms with E-state index in [0.717, 1.165) is 18.1 Å². The molecule has 1 N–H and O–H groups in total. The molecule has 0 saturated heterocycles. The molecular formula is C14H22ClN. The highest BCUT2D eigenvalue weighted by molar-refractivity contribution is 6.30. The van der Waals surface area contributed by atoms with Crippen LogP contribution in [0, 0.1) is 0 Å². The maximum atomic E-state index is 6.04. The number of hydrogen-bond donors (Lipinski definition) is 1. The Hall–Kier alpha value is -0.530. The van der Waals surface area contributed by atoms with Crippen LogP contribution in [0.4, 0.5) is 0 Å². The van der Waals surface area contributed by atoms with Gasteiger partial charge >= 0.3 is 0 Å². The molecule has 0 aliphatic heterocycles. The molecule has 0 heterocycles. The topological polar surface area (TPSA) is 12.0 Å². The van der Waals surface area contributed by atoms with Crippen LogP contribution in [0.15, 0.2) is 24.3 Å². The highest BCUT2D eigenvalue weighted by Gasteiger charge is 2.10. The van der Waals surface area contributed by atoms with E-state index in [4.69, 9.17) is 11.6 Å². The summed E-state index contributed by atoms with van der Waals surface area (Å²) in [6.07, 6.45) is 3.77. The van der Waals surface area contributed by atoms with Gasteiger partial charge in [0, 0.05) is 11.6 Å². The average Bonchev–Trinajstić information content (AvgIpc) is 2.29. The first-order valence-electron chi connectivity index (χ1n) is 6.24. The second-order valence-corrected chi connectivity index (χ2v) is 4.64. The Morgan fingerprint density at radius 1 is 1.31 bits per heavy atom. The summed E-state index contributed by atoms with van der Waals surface area (Å²) >= 11 is 6.04. The molecule has 0 spiro atoms. The van der Waals surface area contributed by atoms with Gasteiger partial charge in [-0.25, -0.2) is 0 Å². The van der Waals surface area contributed by atoms with E-state index in [9.17, 15) is 0 Å².